The molecule has 202 valence electrons. The second kappa shape index (κ2) is 8.82. The lowest BCUT2D eigenvalue weighted by Gasteiger charge is -2.10. The first-order valence-electron chi connectivity index (χ1n) is 14.4. The molecule has 0 aliphatic carbocycles. The minimum Gasteiger partial charge on any atom is -0.456 e. The van der Waals surface area contributed by atoms with Crippen LogP contribution in [0.2, 0.25) is 0 Å². The van der Waals surface area contributed by atoms with Crippen LogP contribution in [0.3, 0.4) is 0 Å². The number of rotatable bonds is 2. The molecule has 0 atom stereocenters. The summed E-state index contributed by atoms with van der Waals surface area (Å²) in [5, 5.41) is 7.03. The summed E-state index contributed by atoms with van der Waals surface area (Å²) in [5.74, 6) is 0. The van der Waals surface area contributed by atoms with Crippen molar-refractivity contribution >= 4 is 80.9 Å². The third-order valence-electron chi connectivity index (χ3n) is 8.73. The second-order valence-corrected chi connectivity index (χ2v) is 12.4. The molecule has 0 amide bonds. The van der Waals surface area contributed by atoms with Crippen molar-refractivity contribution in [1.82, 2.24) is 4.57 Å². The molecule has 0 unspecified atom stereocenters. The Kier molecular flexibility index (Phi) is 4.97. The molecule has 43 heavy (non-hydrogen) atoms. The van der Waals surface area contributed by atoms with Gasteiger partial charge in [0.2, 0.25) is 5.69 Å². The van der Waals surface area contributed by atoms with E-state index in [0.717, 1.165) is 54.2 Å². The Morgan fingerprint density at radius 1 is 0.605 bits per heavy atom. The molecule has 9 aromatic rings. The molecule has 0 aliphatic heterocycles. The Labute approximate surface area is 251 Å². The predicted molar refractivity (Wildman–Crippen MR) is 182 cm³/mol. The molecule has 9 rings (SSSR count). The van der Waals surface area contributed by atoms with Gasteiger partial charge in [-0.3, -0.25) is 0 Å². The van der Waals surface area contributed by atoms with E-state index in [9.17, 15) is 0 Å². The van der Waals surface area contributed by atoms with E-state index in [1.807, 2.05) is 24.3 Å². The first-order chi connectivity index (χ1) is 21.1. The summed E-state index contributed by atoms with van der Waals surface area (Å²) in [4.78, 5) is 3.98. The van der Waals surface area contributed by atoms with Gasteiger partial charge in [0.15, 0.2) is 0 Å². The van der Waals surface area contributed by atoms with Crippen LogP contribution < -0.4 is 0 Å². The summed E-state index contributed by atoms with van der Waals surface area (Å²) in [5.41, 5.74) is 10.7. The fourth-order valence-corrected chi connectivity index (χ4v) is 8.16. The van der Waals surface area contributed by atoms with Gasteiger partial charge in [0.25, 0.3) is 0 Å². The standard InChI is InChI=1S/C39H24N2OS/c1-22-14-18-31-28(20-22)29-21-23(2)15-19-32(29)41(31)33-11-6-10-27-37-25(16-17-30(40-3)39(37)43-38(27)33)24-9-7-13-35-36(24)26-8-4-5-12-34(26)42-35/h4-21H,1-2H3. The first kappa shape index (κ1) is 24.2. The van der Waals surface area contributed by atoms with E-state index in [4.69, 9.17) is 11.0 Å². The van der Waals surface area contributed by atoms with Gasteiger partial charge >= 0.3 is 0 Å². The number of aromatic nitrogens is 1. The van der Waals surface area contributed by atoms with E-state index in [0.29, 0.717) is 5.69 Å². The van der Waals surface area contributed by atoms with Gasteiger partial charge in [-0.05, 0) is 72.8 Å². The maximum Gasteiger partial charge on any atom is 0.204 e. The lowest BCUT2D eigenvalue weighted by atomic mass is 9.95. The van der Waals surface area contributed by atoms with Gasteiger partial charge in [0, 0.05) is 31.6 Å². The number of thiophene rings is 1. The van der Waals surface area contributed by atoms with Crippen LogP contribution in [0.5, 0.6) is 0 Å². The maximum absolute atomic E-state index is 8.05. The van der Waals surface area contributed by atoms with Crippen molar-refractivity contribution in [3.05, 3.63) is 132 Å². The van der Waals surface area contributed by atoms with Gasteiger partial charge in [-0.25, -0.2) is 4.85 Å². The van der Waals surface area contributed by atoms with Crippen molar-refractivity contribution in [3.8, 4) is 16.8 Å². The topological polar surface area (TPSA) is 22.4 Å². The lowest BCUT2D eigenvalue weighted by molar-refractivity contribution is 0.669. The molecule has 6 aromatic carbocycles. The largest absolute Gasteiger partial charge is 0.456 e. The zero-order valence-electron chi connectivity index (χ0n) is 23.6. The molecule has 0 saturated heterocycles. The average Bonchev–Trinajstić information content (AvgIpc) is 3.70. The van der Waals surface area contributed by atoms with Crippen LogP contribution in [0.1, 0.15) is 11.1 Å². The number of para-hydroxylation sites is 1. The number of hydrogen-bond acceptors (Lipinski definition) is 2. The summed E-state index contributed by atoms with van der Waals surface area (Å²) in [6.07, 6.45) is 0. The van der Waals surface area contributed by atoms with Crippen LogP contribution in [-0.4, -0.2) is 4.57 Å². The molecular formula is C39H24N2OS. The molecule has 0 bridgehead atoms. The van der Waals surface area contributed by atoms with E-state index < -0.39 is 0 Å². The Morgan fingerprint density at radius 2 is 1.28 bits per heavy atom. The number of fused-ring (bicyclic) bond motifs is 9. The number of nitrogens with zero attached hydrogens (tertiary/aromatic N) is 2. The van der Waals surface area contributed by atoms with Crippen LogP contribution in [0.25, 0.3) is 85.6 Å². The summed E-state index contributed by atoms with van der Waals surface area (Å²) in [6.45, 7) is 12.4. The van der Waals surface area contributed by atoms with Crippen molar-refractivity contribution in [2.24, 2.45) is 0 Å². The van der Waals surface area contributed by atoms with Gasteiger partial charge < -0.3 is 8.98 Å². The quantitative estimate of drug-likeness (QED) is 0.190. The molecular weight excluding hydrogens is 545 g/mol. The van der Waals surface area contributed by atoms with E-state index in [-0.39, 0.29) is 0 Å². The average molecular weight is 569 g/mol. The fourth-order valence-electron chi connectivity index (χ4n) is 6.87. The number of furan rings is 1. The zero-order valence-corrected chi connectivity index (χ0v) is 24.4. The minimum absolute atomic E-state index is 0.684. The normalized spacial score (nSPS) is 11.9. The molecule has 0 fully saturated rings. The van der Waals surface area contributed by atoms with Crippen molar-refractivity contribution in [2.45, 2.75) is 13.8 Å². The predicted octanol–water partition coefficient (Wildman–Crippen LogP) is 11.9. The van der Waals surface area contributed by atoms with E-state index in [2.05, 4.69) is 108 Å². The maximum atomic E-state index is 8.05. The lowest BCUT2D eigenvalue weighted by Crippen LogP contribution is -1.94. The van der Waals surface area contributed by atoms with E-state index >= 15 is 0 Å². The molecule has 0 aliphatic rings. The third-order valence-corrected chi connectivity index (χ3v) is 9.99. The highest BCUT2D eigenvalue weighted by atomic mass is 32.1. The Bertz CT molecular complexity index is 2600. The minimum atomic E-state index is 0.684. The summed E-state index contributed by atoms with van der Waals surface area (Å²) in [6, 6.07) is 38.7. The first-order valence-corrected chi connectivity index (χ1v) is 15.2. The van der Waals surface area contributed by atoms with Gasteiger partial charge in [-0.1, -0.05) is 77.9 Å². The van der Waals surface area contributed by atoms with Crippen LogP contribution in [0.15, 0.2) is 114 Å². The van der Waals surface area contributed by atoms with E-state index in [1.54, 1.807) is 11.3 Å². The third kappa shape index (κ3) is 3.34. The molecule has 3 nitrogen and oxygen atoms in total. The summed E-state index contributed by atoms with van der Waals surface area (Å²) in [7, 11) is 0. The van der Waals surface area contributed by atoms with Gasteiger partial charge in [-0.15, -0.1) is 11.3 Å². The number of hydrogen-bond donors (Lipinski definition) is 0. The highest BCUT2D eigenvalue weighted by molar-refractivity contribution is 7.27. The molecule has 3 heterocycles. The summed E-state index contributed by atoms with van der Waals surface area (Å²) < 4.78 is 10.9. The van der Waals surface area contributed by atoms with Crippen LogP contribution in [0.4, 0.5) is 5.69 Å². The van der Waals surface area contributed by atoms with Crippen LogP contribution in [0, 0.1) is 20.4 Å². The number of aryl methyl sites for hydroxylation is 2. The molecule has 3 aromatic heterocycles. The SMILES string of the molecule is [C-]#[N+]c1ccc(-c2cccc3oc4ccccc4c23)c2c1sc1c(-n3c4ccc(C)cc4c4cc(C)ccc43)cccc12. The number of benzene rings is 6. The molecule has 0 radical (unpaired) electrons. The zero-order chi connectivity index (χ0) is 28.8. The molecule has 0 spiro atoms. The van der Waals surface area contributed by atoms with Crippen molar-refractivity contribution in [3.63, 3.8) is 0 Å². The van der Waals surface area contributed by atoms with Gasteiger partial charge in [0.1, 0.15) is 11.2 Å². The second-order valence-electron chi connectivity index (χ2n) is 11.4. The Balaban J connectivity index is 1.42. The van der Waals surface area contributed by atoms with Crippen LogP contribution >= 0.6 is 11.3 Å². The molecule has 0 N–H and O–H groups in total. The highest BCUT2D eigenvalue weighted by Gasteiger charge is 2.21. The van der Waals surface area contributed by atoms with Gasteiger partial charge in [0.05, 0.1) is 28.0 Å². The molecule has 4 heteroatoms. The van der Waals surface area contributed by atoms with Crippen LogP contribution in [-0.2, 0) is 0 Å². The van der Waals surface area contributed by atoms with Gasteiger partial charge in [-0.2, -0.15) is 0 Å². The molecule has 0 saturated carbocycles. The fraction of sp³-hybridized carbons (Fsp3) is 0.0513. The summed E-state index contributed by atoms with van der Waals surface area (Å²) >= 11 is 1.72. The smallest absolute Gasteiger partial charge is 0.204 e. The monoisotopic (exact) mass is 568 g/mol. The Hall–Kier alpha value is -5.37. The van der Waals surface area contributed by atoms with Crippen molar-refractivity contribution in [1.29, 1.82) is 0 Å². The van der Waals surface area contributed by atoms with Crippen molar-refractivity contribution < 1.29 is 4.42 Å². The van der Waals surface area contributed by atoms with Crippen molar-refractivity contribution in [2.75, 3.05) is 0 Å². The van der Waals surface area contributed by atoms with E-state index in [1.165, 1.54) is 37.6 Å². The Morgan fingerprint density at radius 3 is 2.05 bits per heavy atom. The highest BCUT2D eigenvalue weighted by Crippen LogP contribution is 2.49.